The molecule has 1 aromatic rings. The first-order valence-electron chi connectivity index (χ1n) is 8.08. The summed E-state index contributed by atoms with van der Waals surface area (Å²) in [6.45, 7) is 6.28. The van der Waals surface area contributed by atoms with E-state index in [9.17, 15) is 4.79 Å². The number of likely N-dealkylation sites (tertiary alicyclic amines) is 1. The normalized spacial score (nSPS) is 21.9. The average Bonchev–Trinajstić information content (AvgIpc) is 2.52. The lowest BCUT2D eigenvalue weighted by Gasteiger charge is -2.38. The maximum Gasteiger partial charge on any atom is 0.248 e. The molecule has 1 amide bonds. The Morgan fingerprint density at radius 1 is 1.41 bits per heavy atom. The van der Waals surface area contributed by atoms with Crippen LogP contribution in [0.5, 0.6) is 0 Å². The maximum atomic E-state index is 12.2. The molecule has 4 nitrogen and oxygen atoms in total. The van der Waals surface area contributed by atoms with Crippen LogP contribution in [0.2, 0.25) is 0 Å². The van der Waals surface area contributed by atoms with Crippen LogP contribution in [-0.2, 0) is 20.7 Å². The number of rotatable bonds is 6. The number of carbonyl (C=O) groups excluding carboxylic acids is 1. The van der Waals surface area contributed by atoms with Gasteiger partial charge in [-0.2, -0.15) is 0 Å². The van der Waals surface area contributed by atoms with Gasteiger partial charge in [-0.25, -0.2) is 0 Å². The quantitative estimate of drug-likeness (QED) is 0.810. The lowest BCUT2D eigenvalue weighted by Crippen LogP contribution is -2.48. The van der Waals surface area contributed by atoms with Gasteiger partial charge in [0, 0.05) is 32.7 Å². The van der Waals surface area contributed by atoms with Crippen LogP contribution in [0.1, 0.15) is 24.5 Å². The van der Waals surface area contributed by atoms with Crippen LogP contribution in [0.25, 0.3) is 0 Å². The van der Waals surface area contributed by atoms with E-state index in [1.165, 1.54) is 11.1 Å². The fourth-order valence-corrected chi connectivity index (χ4v) is 3.17. The van der Waals surface area contributed by atoms with Crippen LogP contribution in [0, 0.1) is 12.8 Å². The van der Waals surface area contributed by atoms with Crippen LogP contribution in [0.3, 0.4) is 0 Å². The van der Waals surface area contributed by atoms with Crippen LogP contribution >= 0.6 is 0 Å². The van der Waals surface area contributed by atoms with Crippen molar-refractivity contribution in [3.05, 3.63) is 35.4 Å². The largest absolute Gasteiger partial charge is 0.381 e. The summed E-state index contributed by atoms with van der Waals surface area (Å²) in [7, 11) is 1.77. The number of methoxy groups -OCH3 is 1. The van der Waals surface area contributed by atoms with E-state index >= 15 is 0 Å². The summed E-state index contributed by atoms with van der Waals surface area (Å²) in [6, 6.07) is 8.57. The highest BCUT2D eigenvalue weighted by Crippen LogP contribution is 2.24. The fourth-order valence-electron chi connectivity index (χ4n) is 3.17. The Morgan fingerprint density at radius 2 is 2.23 bits per heavy atom. The molecule has 2 rings (SSSR count). The molecule has 22 heavy (non-hydrogen) atoms. The molecule has 1 saturated heterocycles. The summed E-state index contributed by atoms with van der Waals surface area (Å²) in [5, 5.41) is 0. The molecule has 1 fully saturated rings. The van der Waals surface area contributed by atoms with Crippen molar-refractivity contribution in [2.45, 2.75) is 32.8 Å². The number of piperidine rings is 1. The monoisotopic (exact) mass is 305 g/mol. The van der Waals surface area contributed by atoms with Gasteiger partial charge in [-0.3, -0.25) is 4.79 Å². The van der Waals surface area contributed by atoms with E-state index in [4.69, 9.17) is 9.47 Å². The first-order chi connectivity index (χ1) is 10.6. The van der Waals surface area contributed by atoms with E-state index in [0.717, 1.165) is 25.9 Å². The van der Waals surface area contributed by atoms with Crippen molar-refractivity contribution in [1.29, 1.82) is 0 Å². The first kappa shape index (κ1) is 17.0. The molecule has 0 saturated carbocycles. The van der Waals surface area contributed by atoms with Gasteiger partial charge in [0.25, 0.3) is 0 Å². The summed E-state index contributed by atoms with van der Waals surface area (Å²) in [6.07, 6.45) is 2.06. The minimum atomic E-state index is 0.0886. The zero-order chi connectivity index (χ0) is 15.9. The minimum Gasteiger partial charge on any atom is -0.381 e. The number of carbonyl (C=O) groups is 1. The smallest absolute Gasteiger partial charge is 0.248 e. The molecule has 1 aliphatic rings. The molecular weight excluding hydrogens is 278 g/mol. The Hall–Kier alpha value is -1.39. The van der Waals surface area contributed by atoms with Crippen molar-refractivity contribution in [2.75, 3.05) is 33.4 Å². The number of ether oxygens (including phenoxy) is 2. The highest BCUT2D eigenvalue weighted by Gasteiger charge is 2.31. The van der Waals surface area contributed by atoms with Gasteiger partial charge in [-0.05, 0) is 32.3 Å². The Labute approximate surface area is 133 Å². The molecular formula is C18H27NO3. The lowest BCUT2D eigenvalue weighted by molar-refractivity contribution is -0.140. The SMILES string of the molecule is CCOCC(=O)N1CC[C@H](OC)[C@H](Cc2cccc(C)c2)C1. The van der Waals surface area contributed by atoms with Crippen LogP contribution in [0.15, 0.2) is 24.3 Å². The first-order valence-corrected chi connectivity index (χ1v) is 8.08. The summed E-state index contributed by atoms with van der Waals surface area (Å²) in [5.74, 6) is 0.428. The van der Waals surface area contributed by atoms with Crippen molar-refractivity contribution < 1.29 is 14.3 Å². The summed E-state index contributed by atoms with van der Waals surface area (Å²) < 4.78 is 10.9. The van der Waals surface area contributed by atoms with Crippen LogP contribution in [-0.4, -0.2) is 50.3 Å². The van der Waals surface area contributed by atoms with Crippen molar-refractivity contribution in [3.63, 3.8) is 0 Å². The van der Waals surface area contributed by atoms with E-state index in [0.29, 0.717) is 12.5 Å². The number of aryl methyl sites for hydroxylation is 1. The second kappa shape index (κ2) is 8.30. The van der Waals surface area contributed by atoms with E-state index in [2.05, 4.69) is 31.2 Å². The van der Waals surface area contributed by atoms with Gasteiger partial charge in [-0.1, -0.05) is 29.8 Å². The van der Waals surface area contributed by atoms with Crippen LogP contribution in [0.4, 0.5) is 0 Å². The minimum absolute atomic E-state index is 0.0886. The molecule has 2 atom stereocenters. The maximum absolute atomic E-state index is 12.2. The van der Waals surface area contributed by atoms with E-state index < -0.39 is 0 Å². The Kier molecular flexibility index (Phi) is 6.40. The molecule has 0 bridgehead atoms. The van der Waals surface area contributed by atoms with Gasteiger partial charge in [0.2, 0.25) is 5.91 Å². The zero-order valence-corrected chi connectivity index (χ0v) is 13.9. The molecule has 0 N–H and O–H groups in total. The molecule has 0 spiro atoms. The van der Waals surface area contributed by atoms with Crippen molar-refractivity contribution in [3.8, 4) is 0 Å². The summed E-state index contributed by atoms with van der Waals surface area (Å²) >= 11 is 0. The summed E-state index contributed by atoms with van der Waals surface area (Å²) in [5.41, 5.74) is 2.58. The highest BCUT2D eigenvalue weighted by atomic mass is 16.5. The second-order valence-corrected chi connectivity index (χ2v) is 5.99. The van der Waals surface area contributed by atoms with Gasteiger partial charge < -0.3 is 14.4 Å². The van der Waals surface area contributed by atoms with Gasteiger partial charge in [0.15, 0.2) is 0 Å². The fraction of sp³-hybridized carbons (Fsp3) is 0.611. The number of benzene rings is 1. The number of nitrogens with zero attached hydrogens (tertiary/aromatic N) is 1. The van der Waals surface area contributed by atoms with Crippen molar-refractivity contribution >= 4 is 5.91 Å². The molecule has 0 radical (unpaired) electrons. The average molecular weight is 305 g/mol. The third kappa shape index (κ3) is 4.55. The standard InChI is InChI=1S/C18H27NO3/c1-4-22-13-18(20)19-9-8-17(21-3)16(12-19)11-15-7-5-6-14(2)10-15/h5-7,10,16-17H,4,8-9,11-13H2,1-3H3/t16-,17+/m1/s1. The molecule has 1 aromatic carbocycles. The Morgan fingerprint density at radius 3 is 2.91 bits per heavy atom. The van der Waals surface area contributed by atoms with E-state index in [1.54, 1.807) is 7.11 Å². The van der Waals surface area contributed by atoms with Gasteiger partial charge in [0.05, 0.1) is 6.10 Å². The third-order valence-electron chi connectivity index (χ3n) is 4.33. The Bertz CT molecular complexity index is 489. The van der Waals surface area contributed by atoms with Gasteiger partial charge in [0.1, 0.15) is 6.61 Å². The third-order valence-corrected chi connectivity index (χ3v) is 4.33. The topological polar surface area (TPSA) is 38.8 Å². The highest BCUT2D eigenvalue weighted by molar-refractivity contribution is 5.77. The zero-order valence-electron chi connectivity index (χ0n) is 13.9. The lowest BCUT2D eigenvalue weighted by atomic mass is 9.88. The van der Waals surface area contributed by atoms with Crippen molar-refractivity contribution in [2.24, 2.45) is 5.92 Å². The molecule has 0 aromatic heterocycles. The number of amides is 1. The molecule has 122 valence electrons. The molecule has 0 unspecified atom stereocenters. The summed E-state index contributed by atoms with van der Waals surface area (Å²) in [4.78, 5) is 14.1. The van der Waals surface area contributed by atoms with E-state index in [1.807, 2.05) is 11.8 Å². The van der Waals surface area contributed by atoms with Gasteiger partial charge in [-0.15, -0.1) is 0 Å². The van der Waals surface area contributed by atoms with Crippen molar-refractivity contribution in [1.82, 2.24) is 4.90 Å². The predicted molar refractivity (Wildman–Crippen MR) is 86.9 cm³/mol. The molecule has 1 heterocycles. The molecule has 1 aliphatic heterocycles. The molecule has 0 aliphatic carbocycles. The van der Waals surface area contributed by atoms with Crippen LogP contribution < -0.4 is 0 Å². The van der Waals surface area contributed by atoms with Gasteiger partial charge >= 0.3 is 0 Å². The number of hydrogen-bond acceptors (Lipinski definition) is 3. The predicted octanol–water partition coefficient (Wildman–Crippen LogP) is 2.44. The number of hydrogen-bond donors (Lipinski definition) is 0. The molecule has 4 heteroatoms. The second-order valence-electron chi connectivity index (χ2n) is 5.99. The van der Waals surface area contributed by atoms with E-state index in [-0.39, 0.29) is 18.6 Å². The Balaban J connectivity index is 2.00.